The van der Waals surface area contributed by atoms with Gasteiger partial charge >= 0.3 is 0 Å². The Hall–Kier alpha value is -0.520. The first-order valence-electron chi connectivity index (χ1n) is 3.85. The SMILES string of the molecule is C#CC1(C)COC(C)(CC)O1. The highest BCUT2D eigenvalue weighted by Gasteiger charge is 2.42. The number of hydrogen-bond acceptors (Lipinski definition) is 2. The zero-order valence-corrected chi connectivity index (χ0v) is 7.31. The Morgan fingerprint density at radius 1 is 1.55 bits per heavy atom. The van der Waals surface area contributed by atoms with E-state index in [0.717, 1.165) is 6.42 Å². The van der Waals surface area contributed by atoms with Crippen LogP contribution in [0, 0.1) is 12.3 Å². The molecule has 0 aromatic rings. The molecule has 2 nitrogen and oxygen atoms in total. The van der Waals surface area contributed by atoms with E-state index in [1.165, 1.54) is 0 Å². The zero-order chi connectivity index (χ0) is 8.54. The molecule has 0 aliphatic carbocycles. The van der Waals surface area contributed by atoms with Crippen LogP contribution in [0.25, 0.3) is 0 Å². The summed E-state index contributed by atoms with van der Waals surface area (Å²) in [5.74, 6) is 2.11. The predicted octanol–water partition coefficient (Wildman–Crippen LogP) is 1.55. The Morgan fingerprint density at radius 3 is 2.45 bits per heavy atom. The van der Waals surface area contributed by atoms with Crippen LogP contribution in [0.3, 0.4) is 0 Å². The summed E-state index contributed by atoms with van der Waals surface area (Å²) in [4.78, 5) is 0. The molecular formula is C9H14O2. The number of rotatable bonds is 1. The highest BCUT2D eigenvalue weighted by molar-refractivity contribution is 5.09. The van der Waals surface area contributed by atoms with Crippen molar-refractivity contribution in [3.05, 3.63) is 0 Å². The van der Waals surface area contributed by atoms with Crippen LogP contribution in [0.1, 0.15) is 27.2 Å². The lowest BCUT2D eigenvalue weighted by molar-refractivity contribution is -0.162. The topological polar surface area (TPSA) is 18.5 Å². The molecule has 1 aliphatic heterocycles. The third kappa shape index (κ3) is 1.55. The molecule has 0 spiro atoms. The van der Waals surface area contributed by atoms with Gasteiger partial charge in [0.15, 0.2) is 11.4 Å². The van der Waals surface area contributed by atoms with Gasteiger partial charge in [0.05, 0.1) is 6.61 Å². The summed E-state index contributed by atoms with van der Waals surface area (Å²) in [6.07, 6.45) is 6.11. The Balaban J connectivity index is 2.68. The predicted molar refractivity (Wildman–Crippen MR) is 43.0 cm³/mol. The standard InChI is InChI=1S/C9H14O2/c1-5-8(3)7-10-9(4,6-2)11-8/h1H,6-7H2,2-4H3. The van der Waals surface area contributed by atoms with Crippen molar-refractivity contribution in [1.82, 2.24) is 0 Å². The van der Waals surface area contributed by atoms with E-state index in [2.05, 4.69) is 5.92 Å². The van der Waals surface area contributed by atoms with Crippen LogP contribution in [-0.2, 0) is 9.47 Å². The molecule has 0 aromatic carbocycles. The highest BCUT2D eigenvalue weighted by Crippen LogP contribution is 2.32. The lowest BCUT2D eigenvalue weighted by atomic mass is 10.1. The molecule has 1 rings (SSSR count). The molecule has 0 aromatic heterocycles. The van der Waals surface area contributed by atoms with Crippen molar-refractivity contribution in [2.75, 3.05) is 6.61 Å². The van der Waals surface area contributed by atoms with Gasteiger partial charge in [-0.15, -0.1) is 6.42 Å². The van der Waals surface area contributed by atoms with Gasteiger partial charge in [0.25, 0.3) is 0 Å². The van der Waals surface area contributed by atoms with Crippen molar-refractivity contribution in [3.8, 4) is 12.3 Å². The minimum absolute atomic E-state index is 0.471. The van der Waals surface area contributed by atoms with Gasteiger partial charge in [0, 0.05) is 0 Å². The molecule has 1 heterocycles. The molecule has 2 unspecified atom stereocenters. The molecule has 11 heavy (non-hydrogen) atoms. The molecule has 0 amide bonds. The number of ether oxygens (including phenoxy) is 2. The average Bonchev–Trinajstić information content (AvgIpc) is 2.30. The number of hydrogen-bond donors (Lipinski definition) is 0. The van der Waals surface area contributed by atoms with Crippen molar-refractivity contribution in [2.45, 2.75) is 38.6 Å². The molecule has 1 saturated heterocycles. The fourth-order valence-corrected chi connectivity index (χ4v) is 1.07. The minimum Gasteiger partial charge on any atom is -0.346 e. The highest BCUT2D eigenvalue weighted by atomic mass is 16.8. The summed E-state index contributed by atoms with van der Waals surface area (Å²) >= 11 is 0. The Labute approximate surface area is 67.9 Å². The molecule has 2 heteroatoms. The summed E-state index contributed by atoms with van der Waals surface area (Å²) in [6, 6.07) is 0. The van der Waals surface area contributed by atoms with Crippen LogP contribution in [0.5, 0.6) is 0 Å². The van der Waals surface area contributed by atoms with E-state index in [-0.39, 0.29) is 0 Å². The first-order chi connectivity index (χ1) is 5.04. The minimum atomic E-state index is -0.523. The first kappa shape index (κ1) is 8.58. The van der Waals surface area contributed by atoms with E-state index in [4.69, 9.17) is 15.9 Å². The van der Waals surface area contributed by atoms with Crippen molar-refractivity contribution in [1.29, 1.82) is 0 Å². The monoisotopic (exact) mass is 154 g/mol. The molecule has 62 valence electrons. The lowest BCUT2D eigenvalue weighted by Gasteiger charge is -2.22. The van der Waals surface area contributed by atoms with Gasteiger partial charge < -0.3 is 9.47 Å². The summed E-state index contributed by atoms with van der Waals surface area (Å²) in [5, 5.41) is 0. The van der Waals surface area contributed by atoms with Crippen LogP contribution in [0.2, 0.25) is 0 Å². The van der Waals surface area contributed by atoms with Gasteiger partial charge in [0.1, 0.15) is 0 Å². The van der Waals surface area contributed by atoms with Crippen LogP contribution in [0.4, 0.5) is 0 Å². The number of terminal acetylenes is 1. The Bertz CT molecular complexity index is 194. The molecule has 0 N–H and O–H groups in total. The maximum absolute atomic E-state index is 5.58. The lowest BCUT2D eigenvalue weighted by Crippen LogP contribution is -2.30. The van der Waals surface area contributed by atoms with Crippen LogP contribution < -0.4 is 0 Å². The van der Waals surface area contributed by atoms with Crippen LogP contribution in [-0.4, -0.2) is 18.0 Å². The second-order valence-electron chi connectivity index (χ2n) is 3.25. The van der Waals surface area contributed by atoms with Gasteiger partial charge in [0.2, 0.25) is 0 Å². The third-order valence-corrected chi connectivity index (χ3v) is 2.04. The molecule has 0 bridgehead atoms. The maximum atomic E-state index is 5.58. The van der Waals surface area contributed by atoms with E-state index >= 15 is 0 Å². The zero-order valence-electron chi connectivity index (χ0n) is 7.31. The summed E-state index contributed by atoms with van der Waals surface area (Å²) in [5.41, 5.74) is -0.523. The molecule has 1 aliphatic rings. The first-order valence-corrected chi connectivity index (χ1v) is 3.85. The van der Waals surface area contributed by atoms with Crippen LogP contribution in [0.15, 0.2) is 0 Å². The fourth-order valence-electron chi connectivity index (χ4n) is 1.07. The second kappa shape index (κ2) is 2.51. The summed E-state index contributed by atoms with van der Waals surface area (Å²) < 4.78 is 11.0. The molecule has 0 saturated carbocycles. The largest absolute Gasteiger partial charge is 0.346 e. The third-order valence-electron chi connectivity index (χ3n) is 2.04. The van der Waals surface area contributed by atoms with Crippen molar-refractivity contribution in [2.24, 2.45) is 0 Å². The van der Waals surface area contributed by atoms with E-state index in [1.807, 2.05) is 20.8 Å². The molecule has 1 fully saturated rings. The second-order valence-corrected chi connectivity index (χ2v) is 3.25. The molecule has 2 atom stereocenters. The smallest absolute Gasteiger partial charge is 0.167 e. The van der Waals surface area contributed by atoms with Gasteiger partial charge in [-0.05, 0) is 20.3 Å². The van der Waals surface area contributed by atoms with E-state index in [9.17, 15) is 0 Å². The van der Waals surface area contributed by atoms with E-state index < -0.39 is 11.4 Å². The molecule has 0 radical (unpaired) electrons. The fraction of sp³-hybridized carbons (Fsp3) is 0.778. The normalized spacial score (nSPS) is 43.8. The quantitative estimate of drug-likeness (QED) is 0.533. The van der Waals surface area contributed by atoms with Crippen molar-refractivity contribution in [3.63, 3.8) is 0 Å². The summed E-state index contributed by atoms with van der Waals surface area (Å²) in [6.45, 7) is 6.29. The van der Waals surface area contributed by atoms with Gasteiger partial charge in [-0.2, -0.15) is 0 Å². The van der Waals surface area contributed by atoms with Crippen LogP contribution >= 0.6 is 0 Å². The van der Waals surface area contributed by atoms with Gasteiger partial charge in [-0.25, -0.2) is 0 Å². The van der Waals surface area contributed by atoms with E-state index in [0.29, 0.717) is 6.61 Å². The Morgan fingerprint density at radius 2 is 2.18 bits per heavy atom. The van der Waals surface area contributed by atoms with E-state index in [1.54, 1.807) is 0 Å². The van der Waals surface area contributed by atoms with Crippen molar-refractivity contribution < 1.29 is 9.47 Å². The molecular weight excluding hydrogens is 140 g/mol. The van der Waals surface area contributed by atoms with Gasteiger partial charge in [-0.1, -0.05) is 12.8 Å². The average molecular weight is 154 g/mol. The Kier molecular flexibility index (Phi) is 1.96. The van der Waals surface area contributed by atoms with Crippen molar-refractivity contribution >= 4 is 0 Å². The maximum Gasteiger partial charge on any atom is 0.167 e. The van der Waals surface area contributed by atoms with Gasteiger partial charge in [-0.3, -0.25) is 0 Å². The summed E-state index contributed by atoms with van der Waals surface area (Å²) in [7, 11) is 0.